The van der Waals surface area contributed by atoms with Gasteiger partial charge in [0, 0.05) is 18.3 Å². The molecule has 1 saturated carbocycles. The lowest BCUT2D eigenvalue weighted by Crippen LogP contribution is -2.39. The van der Waals surface area contributed by atoms with E-state index in [1.165, 1.54) is 12.5 Å². The molecule has 2 fully saturated rings. The molecule has 1 heterocycles. The summed E-state index contributed by atoms with van der Waals surface area (Å²) in [6, 6.07) is 3.48. The van der Waals surface area contributed by atoms with Crippen molar-refractivity contribution in [3.05, 3.63) is 29.3 Å². The maximum absolute atomic E-state index is 13.0. The fourth-order valence-electron chi connectivity index (χ4n) is 3.80. The maximum Gasteiger partial charge on any atom is 0.416 e. The number of alkyl halides is 3. The lowest BCUT2D eigenvalue weighted by Gasteiger charge is -2.24. The van der Waals surface area contributed by atoms with Crippen LogP contribution in [-0.2, 0) is 17.5 Å². The van der Waals surface area contributed by atoms with Crippen LogP contribution in [0.15, 0.2) is 18.2 Å². The first-order valence-electron chi connectivity index (χ1n) is 8.35. The number of amides is 1. The standard InChI is InChI=1S/C17H22F3N3O/c18-17(19,20)12-5-10(9-21)6-13(8-12)22-16(24)15-7-11-3-1-2-4-14(11)23-15/h5-6,8,11,14-15,23H,1-4,7,9,21H2,(H,22,24). The molecule has 1 aromatic rings. The van der Waals surface area contributed by atoms with E-state index in [0.29, 0.717) is 17.5 Å². The zero-order chi connectivity index (χ0) is 17.3. The summed E-state index contributed by atoms with van der Waals surface area (Å²) in [5.74, 6) is 0.224. The van der Waals surface area contributed by atoms with E-state index < -0.39 is 11.7 Å². The zero-order valence-electron chi connectivity index (χ0n) is 13.3. The predicted molar refractivity (Wildman–Crippen MR) is 85.3 cm³/mol. The van der Waals surface area contributed by atoms with Crippen molar-refractivity contribution < 1.29 is 18.0 Å². The fraction of sp³-hybridized carbons (Fsp3) is 0.588. The average Bonchev–Trinajstić information content (AvgIpc) is 2.98. The van der Waals surface area contributed by atoms with Gasteiger partial charge >= 0.3 is 6.18 Å². The number of halogens is 3. The molecule has 0 spiro atoms. The highest BCUT2D eigenvalue weighted by atomic mass is 19.4. The van der Waals surface area contributed by atoms with E-state index in [-0.39, 0.29) is 24.2 Å². The van der Waals surface area contributed by atoms with Crippen LogP contribution in [0.3, 0.4) is 0 Å². The monoisotopic (exact) mass is 341 g/mol. The van der Waals surface area contributed by atoms with Crippen molar-refractivity contribution in [2.24, 2.45) is 11.7 Å². The van der Waals surface area contributed by atoms with Gasteiger partial charge < -0.3 is 16.4 Å². The van der Waals surface area contributed by atoms with E-state index in [9.17, 15) is 18.0 Å². The Balaban J connectivity index is 1.72. The molecule has 3 unspecified atom stereocenters. The van der Waals surface area contributed by atoms with E-state index in [1.54, 1.807) is 0 Å². The van der Waals surface area contributed by atoms with Crippen molar-refractivity contribution in [2.75, 3.05) is 5.32 Å². The van der Waals surface area contributed by atoms with Crippen LogP contribution in [0.25, 0.3) is 0 Å². The molecular formula is C17H22F3N3O. The van der Waals surface area contributed by atoms with Crippen molar-refractivity contribution in [3.63, 3.8) is 0 Å². The normalized spacial score (nSPS) is 26.9. The summed E-state index contributed by atoms with van der Waals surface area (Å²) in [5.41, 5.74) is 5.16. The molecule has 24 heavy (non-hydrogen) atoms. The zero-order valence-corrected chi connectivity index (χ0v) is 13.3. The third kappa shape index (κ3) is 3.72. The van der Waals surface area contributed by atoms with Crippen molar-refractivity contribution in [1.29, 1.82) is 0 Å². The maximum atomic E-state index is 13.0. The van der Waals surface area contributed by atoms with Crippen molar-refractivity contribution in [1.82, 2.24) is 5.32 Å². The minimum Gasteiger partial charge on any atom is -0.326 e. The van der Waals surface area contributed by atoms with Gasteiger partial charge in [-0.2, -0.15) is 13.2 Å². The van der Waals surface area contributed by atoms with Gasteiger partial charge in [0.05, 0.1) is 11.6 Å². The average molecular weight is 341 g/mol. The van der Waals surface area contributed by atoms with Crippen molar-refractivity contribution >= 4 is 11.6 Å². The largest absolute Gasteiger partial charge is 0.416 e. The highest BCUT2D eigenvalue weighted by Gasteiger charge is 2.38. The van der Waals surface area contributed by atoms with Crippen LogP contribution in [-0.4, -0.2) is 18.0 Å². The summed E-state index contributed by atoms with van der Waals surface area (Å²) in [6.07, 6.45) is 0.808. The topological polar surface area (TPSA) is 67.1 Å². The second-order valence-electron chi connectivity index (χ2n) is 6.72. The third-order valence-electron chi connectivity index (χ3n) is 5.00. The first-order valence-corrected chi connectivity index (χ1v) is 8.35. The second kappa shape index (κ2) is 6.72. The number of hydrogen-bond acceptors (Lipinski definition) is 3. The Labute approximate surface area is 139 Å². The van der Waals surface area contributed by atoms with Gasteiger partial charge in [0.1, 0.15) is 0 Å². The number of anilines is 1. The molecule has 0 radical (unpaired) electrons. The first kappa shape index (κ1) is 17.2. The van der Waals surface area contributed by atoms with Crippen LogP contribution in [0.1, 0.15) is 43.2 Å². The highest BCUT2D eigenvalue weighted by Crippen LogP contribution is 2.34. The molecule has 1 aromatic carbocycles. The van der Waals surface area contributed by atoms with Gasteiger partial charge in [-0.25, -0.2) is 0 Å². The minimum absolute atomic E-state index is 0.0153. The van der Waals surface area contributed by atoms with Crippen LogP contribution in [0.4, 0.5) is 18.9 Å². The van der Waals surface area contributed by atoms with E-state index >= 15 is 0 Å². The number of fused-ring (bicyclic) bond motifs is 1. The van der Waals surface area contributed by atoms with Crippen LogP contribution >= 0.6 is 0 Å². The summed E-state index contributed by atoms with van der Waals surface area (Å²) < 4.78 is 38.9. The number of carbonyl (C=O) groups is 1. The number of nitrogens with one attached hydrogen (secondary N) is 2. The van der Waals surface area contributed by atoms with E-state index in [1.807, 2.05) is 0 Å². The van der Waals surface area contributed by atoms with Gasteiger partial charge in [-0.3, -0.25) is 4.79 Å². The quantitative estimate of drug-likeness (QED) is 0.792. The van der Waals surface area contributed by atoms with Crippen molar-refractivity contribution in [2.45, 2.75) is 56.9 Å². The molecule has 1 aliphatic heterocycles. The summed E-state index contributed by atoms with van der Waals surface area (Å²) in [7, 11) is 0. The van der Waals surface area contributed by atoms with Gasteiger partial charge in [0.2, 0.25) is 5.91 Å². The number of nitrogens with two attached hydrogens (primary N) is 1. The summed E-state index contributed by atoms with van der Waals surface area (Å²) in [5, 5.41) is 5.95. The molecule has 1 aliphatic carbocycles. The molecule has 0 aromatic heterocycles. The highest BCUT2D eigenvalue weighted by molar-refractivity contribution is 5.95. The van der Waals surface area contributed by atoms with Crippen LogP contribution in [0, 0.1) is 5.92 Å². The third-order valence-corrected chi connectivity index (χ3v) is 5.00. The molecule has 4 nitrogen and oxygen atoms in total. The number of rotatable bonds is 3. The van der Waals surface area contributed by atoms with Crippen LogP contribution in [0.5, 0.6) is 0 Å². The molecule has 0 bridgehead atoms. The Hall–Kier alpha value is -1.60. The molecule has 3 rings (SSSR count). The molecule has 1 amide bonds. The molecule has 7 heteroatoms. The van der Waals surface area contributed by atoms with Crippen LogP contribution in [0.2, 0.25) is 0 Å². The predicted octanol–water partition coefficient (Wildman–Crippen LogP) is 3.02. The van der Waals surface area contributed by atoms with Gasteiger partial charge in [0.15, 0.2) is 0 Å². The first-order chi connectivity index (χ1) is 11.4. The number of hydrogen-bond donors (Lipinski definition) is 3. The Bertz CT molecular complexity index is 604. The number of benzene rings is 1. The van der Waals surface area contributed by atoms with Gasteiger partial charge in [0.25, 0.3) is 0 Å². The fourth-order valence-corrected chi connectivity index (χ4v) is 3.80. The van der Waals surface area contributed by atoms with Gasteiger partial charge in [-0.05, 0) is 48.9 Å². The molecular weight excluding hydrogens is 319 g/mol. The lowest BCUT2D eigenvalue weighted by molar-refractivity contribution is -0.137. The Morgan fingerprint density at radius 1 is 1.25 bits per heavy atom. The van der Waals surface area contributed by atoms with Gasteiger partial charge in [-0.15, -0.1) is 0 Å². The minimum atomic E-state index is -4.47. The van der Waals surface area contributed by atoms with Crippen molar-refractivity contribution in [3.8, 4) is 0 Å². The summed E-state index contributed by atoms with van der Waals surface area (Å²) in [4.78, 5) is 12.4. The Morgan fingerprint density at radius 2 is 2.00 bits per heavy atom. The second-order valence-corrected chi connectivity index (χ2v) is 6.72. The molecule has 1 saturated heterocycles. The molecule has 3 atom stereocenters. The smallest absolute Gasteiger partial charge is 0.326 e. The molecule has 2 aliphatic rings. The summed E-state index contributed by atoms with van der Waals surface area (Å²) in [6.45, 7) is -0.0153. The van der Waals surface area contributed by atoms with Gasteiger partial charge in [-0.1, -0.05) is 12.8 Å². The van der Waals surface area contributed by atoms with Crippen LogP contribution < -0.4 is 16.4 Å². The number of carbonyl (C=O) groups excluding carboxylic acids is 1. The van der Waals surface area contributed by atoms with E-state index in [4.69, 9.17) is 5.73 Å². The Morgan fingerprint density at radius 3 is 2.67 bits per heavy atom. The van der Waals surface area contributed by atoms with E-state index in [0.717, 1.165) is 37.8 Å². The molecule has 4 N–H and O–H groups in total. The van der Waals surface area contributed by atoms with E-state index in [2.05, 4.69) is 10.6 Å². The summed E-state index contributed by atoms with van der Waals surface area (Å²) >= 11 is 0. The Kier molecular flexibility index (Phi) is 4.83. The lowest BCUT2D eigenvalue weighted by atomic mass is 9.85. The SMILES string of the molecule is NCc1cc(NC(=O)C2CC3CCCCC3N2)cc(C(F)(F)F)c1. The molecule has 132 valence electrons.